The molecular formula is C24H27N3O5. The highest BCUT2D eigenvalue weighted by molar-refractivity contribution is 6.23. The van der Waals surface area contributed by atoms with E-state index in [1.165, 1.54) is 29.2 Å². The van der Waals surface area contributed by atoms with E-state index >= 15 is 0 Å². The van der Waals surface area contributed by atoms with Gasteiger partial charge in [-0.15, -0.1) is 0 Å². The maximum Gasteiger partial charge on any atom is 0.269 e. The number of non-ortho nitro benzene ring substituents is 1. The molecule has 0 bridgehead atoms. The van der Waals surface area contributed by atoms with Crippen molar-refractivity contribution in [2.45, 2.75) is 58.5 Å². The molecule has 3 rings (SSSR count). The van der Waals surface area contributed by atoms with Crippen LogP contribution in [0.2, 0.25) is 0 Å². The third-order valence-corrected chi connectivity index (χ3v) is 5.52. The lowest BCUT2D eigenvalue weighted by atomic mass is 9.99. The van der Waals surface area contributed by atoms with Gasteiger partial charge in [-0.25, -0.2) is 4.90 Å². The Hall–Kier alpha value is -3.55. The third-order valence-electron chi connectivity index (χ3n) is 5.52. The van der Waals surface area contributed by atoms with Gasteiger partial charge in [0.05, 0.1) is 17.0 Å². The van der Waals surface area contributed by atoms with E-state index in [1.54, 1.807) is 32.9 Å². The summed E-state index contributed by atoms with van der Waals surface area (Å²) in [5.41, 5.74) is 0.881. The van der Waals surface area contributed by atoms with E-state index in [1.807, 2.05) is 12.1 Å². The van der Waals surface area contributed by atoms with Crippen LogP contribution in [0.1, 0.15) is 62.9 Å². The molecule has 0 aliphatic carbocycles. The lowest BCUT2D eigenvalue weighted by Gasteiger charge is -2.39. The Bertz CT molecular complexity index is 1050. The highest BCUT2D eigenvalue weighted by atomic mass is 16.6. The average Bonchev–Trinajstić information content (AvgIpc) is 3.00. The Balaban J connectivity index is 1.93. The molecule has 3 amide bonds. The van der Waals surface area contributed by atoms with Crippen molar-refractivity contribution in [2.24, 2.45) is 0 Å². The van der Waals surface area contributed by atoms with Gasteiger partial charge in [0.15, 0.2) is 0 Å². The molecule has 0 N–H and O–H groups in total. The summed E-state index contributed by atoms with van der Waals surface area (Å²) in [6, 6.07) is 11.5. The zero-order valence-corrected chi connectivity index (χ0v) is 18.9. The molecule has 0 saturated carbocycles. The molecule has 32 heavy (non-hydrogen) atoms. The molecule has 0 aromatic heterocycles. The summed E-state index contributed by atoms with van der Waals surface area (Å²) >= 11 is 0. The van der Waals surface area contributed by atoms with Crippen molar-refractivity contribution in [1.29, 1.82) is 0 Å². The van der Waals surface area contributed by atoms with E-state index in [2.05, 4.69) is 13.8 Å². The molecule has 2 aromatic rings. The molecule has 0 spiro atoms. The highest BCUT2D eigenvalue weighted by Gasteiger charge is 2.47. The largest absolute Gasteiger partial charge is 0.321 e. The first-order valence-corrected chi connectivity index (χ1v) is 10.5. The zero-order valence-electron chi connectivity index (χ0n) is 18.9. The van der Waals surface area contributed by atoms with Gasteiger partial charge < -0.3 is 4.90 Å². The van der Waals surface area contributed by atoms with Crippen molar-refractivity contribution in [2.75, 3.05) is 4.90 Å². The molecule has 168 valence electrons. The molecule has 8 nitrogen and oxygen atoms in total. The molecule has 1 aliphatic heterocycles. The van der Waals surface area contributed by atoms with Crippen LogP contribution in [0.4, 0.5) is 11.4 Å². The Morgan fingerprint density at radius 3 is 2.09 bits per heavy atom. The van der Waals surface area contributed by atoms with Gasteiger partial charge in [-0.1, -0.05) is 26.0 Å². The number of carbonyl (C=O) groups excluding carboxylic acids is 3. The predicted octanol–water partition coefficient (Wildman–Crippen LogP) is 4.29. The quantitative estimate of drug-likeness (QED) is 0.395. The minimum absolute atomic E-state index is 0.124. The predicted molar refractivity (Wildman–Crippen MR) is 120 cm³/mol. The molecule has 2 aromatic carbocycles. The fourth-order valence-electron chi connectivity index (χ4n) is 3.88. The fraction of sp³-hybridized carbons (Fsp3) is 0.375. The number of hydrogen-bond donors (Lipinski definition) is 0. The minimum atomic E-state index is -0.963. The molecule has 1 atom stereocenters. The molecule has 1 fully saturated rings. The van der Waals surface area contributed by atoms with Gasteiger partial charge in [-0.05, 0) is 56.5 Å². The lowest BCUT2D eigenvalue weighted by molar-refractivity contribution is -0.384. The number of rotatable bonds is 5. The number of amides is 3. The second-order valence-electron chi connectivity index (χ2n) is 9.18. The SMILES string of the molecule is CC(C)c1ccc(N2C(=O)CC(N(C(=O)c3ccc([N+](=O)[O-])cc3)C(C)(C)C)C2=O)cc1. The fourth-order valence-corrected chi connectivity index (χ4v) is 3.88. The van der Waals surface area contributed by atoms with Crippen molar-refractivity contribution < 1.29 is 19.3 Å². The molecular weight excluding hydrogens is 410 g/mol. The molecule has 8 heteroatoms. The molecule has 1 unspecified atom stereocenters. The Morgan fingerprint density at radius 1 is 1.06 bits per heavy atom. The van der Waals surface area contributed by atoms with Crippen molar-refractivity contribution in [3.63, 3.8) is 0 Å². The Labute approximate surface area is 187 Å². The van der Waals surface area contributed by atoms with Crippen molar-refractivity contribution >= 4 is 29.1 Å². The van der Waals surface area contributed by atoms with Crippen LogP contribution in [0.25, 0.3) is 0 Å². The van der Waals surface area contributed by atoms with Crippen molar-refractivity contribution in [1.82, 2.24) is 4.90 Å². The van der Waals surface area contributed by atoms with Crippen LogP contribution in [0.5, 0.6) is 0 Å². The molecule has 1 heterocycles. The number of nitro groups is 1. The van der Waals surface area contributed by atoms with Gasteiger partial charge in [0.2, 0.25) is 5.91 Å². The van der Waals surface area contributed by atoms with E-state index in [0.717, 1.165) is 10.5 Å². The Kier molecular flexibility index (Phi) is 6.16. The standard InChI is InChI=1S/C24H27N3O5/c1-15(2)16-6-10-18(11-7-16)25-21(28)14-20(23(25)30)26(24(3,4)5)22(29)17-8-12-19(13-9-17)27(31)32/h6-13,15,20H,14H2,1-5H3. The van der Waals surface area contributed by atoms with Gasteiger partial charge >= 0.3 is 0 Å². The average molecular weight is 437 g/mol. The summed E-state index contributed by atoms with van der Waals surface area (Å²) in [6.45, 7) is 9.47. The smallest absolute Gasteiger partial charge is 0.269 e. The van der Waals surface area contributed by atoms with Crippen molar-refractivity contribution in [3.8, 4) is 0 Å². The monoisotopic (exact) mass is 437 g/mol. The summed E-state index contributed by atoms with van der Waals surface area (Å²) in [4.78, 5) is 52.4. The van der Waals surface area contributed by atoms with Crippen LogP contribution < -0.4 is 4.90 Å². The Morgan fingerprint density at radius 2 is 1.62 bits per heavy atom. The first kappa shape index (κ1) is 23.1. The number of nitrogens with zero attached hydrogens (tertiary/aromatic N) is 3. The topological polar surface area (TPSA) is 101 Å². The van der Waals surface area contributed by atoms with Gasteiger partial charge in [0, 0.05) is 23.2 Å². The van der Waals surface area contributed by atoms with Crippen LogP contribution >= 0.6 is 0 Å². The van der Waals surface area contributed by atoms with E-state index in [-0.39, 0.29) is 23.6 Å². The molecule has 1 saturated heterocycles. The van der Waals surface area contributed by atoms with Crippen molar-refractivity contribution in [3.05, 3.63) is 69.8 Å². The number of nitro benzene ring substituents is 1. The summed E-state index contributed by atoms with van der Waals surface area (Å²) in [5.74, 6) is -0.978. The number of carbonyl (C=O) groups is 3. The maximum absolute atomic E-state index is 13.3. The normalized spacial score (nSPS) is 16.6. The summed E-state index contributed by atoms with van der Waals surface area (Å²) in [6.07, 6.45) is -0.124. The van der Waals surface area contributed by atoms with E-state index in [9.17, 15) is 24.5 Å². The van der Waals surface area contributed by atoms with Gasteiger partial charge in [0.1, 0.15) is 6.04 Å². The van der Waals surface area contributed by atoms with Crippen LogP contribution in [-0.2, 0) is 9.59 Å². The summed E-state index contributed by atoms with van der Waals surface area (Å²) in [7, 11) is 0. The van der Waals surface area contributed by atoms with Crippen LogP contribution in [0.15, 0.2) is 48.5 Å². The number of anilines is 1. The van der Waals surface area contributed by atoms with Crippen LogP contribution in [-0.4, -0.2) is 39.1 Å². The van der Waals surface area contributed by atoms with E-state index in [4.69, 9.17) is 0 Å². The number of imide groups is 1. The summed E-state index contributed by atoms with van der Waals surface area (Å²) in [5, 5.41) is 10.9. The first-order valence-electron chi connectivity index (χ1n) is 10.5. The minimum Gasteiger partial charge on any atom is -0.321 e. The van der Waals surface area contributed by atoms with Crippen LogP contribution in [0, 0.1) is 10.1 Å². The molecule has 1 aliphatic rings. The lowest BCUT2D eigenvalue weighted by Crippen LogP contribution is -2.54. The number of benzene rings is 2. The number of hydrogen-bond acceptors (Lipinski definition) is 5. The zero-order chi connectivity index (χ0) is 23.8. The highest BCUT2D eigenvalue weighted by Crippen LogP contribution is 2.32. The van der Waals surface area contributed by atoms with Gasteiger partial charge in [-0.2, -0.15) is 0 Å². The second kappa shape index (κ2) is 8.53. The van der Waals surface area contributed by atoms with Crippen LogP contribution in [0.3, 0.4) is 0 Å². The van der Waals surface area contributed by atoms with Gasteiger partial charge in [0.25, 0.3) is 17.5 Å². The van der Waals surface area contributed by atoms with E-state index < -0.39 is 28.3 Å². The molecule has 0 radical (unpaired) electrons. The second-order valence-corrected chi connectivity index (χ2v) is 9.18. The third kappa shape index (κ3) is 4.39. The maximum atomic E-state index is 13.3. The van der Waals surface area contributed by atoms with E-state index in [0.29, 0.717) is 11.6 Å². The first-order chi connectivity index (χ1) is 14.9. The van der Waals surface area contributed by atoms with Gasteiger partial charge in [-0.3, -0.25) is 24.5 Å². The summed E-state index contributed by atoms with van der Waals surface area (Å²) < 4.78 is 0.